The summed E-state index contributed by atoms with van der Waals surface area (Å²) in [5, 5.41) is 3.72. The maximum absolute atomic E-state index is 13.1. The van der Waals surface area contributed by atoms with Gasteiger partial charge in [0.25, 0.3) is 0 Å². The zero-order valence-electron chi connectivity index (χ0n) is 11.1. The van der Waals surface area contributed by atoms with Crippen LogP contribution < -0.4 is 0 Å². The lowest BCUT2D eigenvalue weighted by molar-refractivity contribution is -0.145. The number of ether oxygens (including phenoxy) is 1. The number of esters is 1. The van der Waals surface area contributed by atoms with Gasteiger partial charge < -0.3 is 4.74 Å². The van der Waals surface area contributed by atoms with Crippen molar-refractivity contribution in [3.05, 3.63) is 17.5 Å². The quantitative estimate of drug-likeness (QED) is 0.775. The van der Waals surface area contributed by atoms with E-state index in [9.17, 15) is 18.0 Å². The Morgan fingerprint density at radius 1 is 1.37 bits per heavy atom. The Kier molecular flexibility index (Phi) is 4.97. The normalized spacial score (nSPS) is 11.9. The smallest absolute Gasteiger partial charge is 0.433 e. The van der Waals surface area contributed by atoms with Crippen LogP contribution in [0.3, 0.4) is 0 Å². The van der Waals surface area contributed by atoms with Crippen LogP contribution in [-0.4, -0.2) is 22.4 Å². The van der Waals surface area contributed by atoms with Crippen LogP contribution >= 0.6 is 0 Å². The highest BCUT2D eigenvalue weighted by atomic mass is 19.4. The molecule has 0 aliphatic carbocycles. The summed E-state index contributed by atoms with van der Waals surface area (Å²) < 4.78 is 44.8. The Bertz CT molecular complexity index is 437. The second-order valence-corrected chi connectivity index (χ2v) is 4.04. The van der Waals surface area contributed by atoms with Gasteiger partial charge in [-0.05, 0) is 19.8 Å². The zero-order valence-corrected chi connectivity index (χ0v) is 11.1. The van der Waals surface area contributed by atoms with Crippen LogP contribution in [0.4, 0.5) is 13.2 Å². The van der Waals surface area contributed by atoms with E-state index < -0.39 is 23.4 Å². The Balaban J connectivity index is 3.31. The van der Waals surface area contributed by atoms with E-state index in [2.05, 4.69) is 9.84 Å². The first-order valence-electron chi connectivity index (χ1n) is 6.18. The molecule has 0 N–H and O–H groups in total. The molecule has 19 heavy (non-hydrogen) atoms. The second kappa shape index (κ2) is 6.08. The highest BCUT2D eigenvalue weighted by molar-refractivity contribution is 5.90. The van der Waals surface area contributed by atoms with Crippen molar-refractivity contribution in [1.82, 2.24) is 9.78 Å². The van der Waals surface area contributed by atoms with Gasteiger partial charge in [-0.15, -0.1) is 0 Å². The fourth-order valence-corrected chi connectivity index (χ4v) is 1.91. The van der Waals surface area contributed by atoms with Gasteiger partial charge in [0.1, 0.15) is 5.56 Å². The molecule has 0 amide bonds. The van der Waals surface area contributed by atoms with Crippen LogP contribution in [0, 0.1) is 0 Å². The number of alkyl halides is 3. The first-order valence-corrected chi connectivity index (χ1v) is 6.18. The molecule has 1 rings (SSSR count). The Hall–Kier alpha value is -1.53. The predicted molar refractivity (Wildman–Crippen MR) is 62.8 cm³/mol. The SMILES string of the molecule is CCOC(=O)c1cnn(C(CC)CC)c1C(F)(F)F. The summed E-state index contributed by atoms with van der Waals surface area (Å²) in [4.78, 5) is 11.5. The maximum Gasteiger partial charge on any atom is 0.433 e. The van der Waals surface area contributed by atoms with Crippen LogP contribution in [0.15, 0.2) is 6.20 Å². The minimum Gasteiger partial charge on any atom is -0.462 e. The van der Waals surface area contributed by atoms with Gasteiger partial charge in [-0.25, -0.2) is 4.79 Å². The molecule has 0 saturated carbocycles. The van der Waals surface area contributed by atoms with Gasteiger partial charge in [0, 0.05) is 0 Å². The van der Waals surface area contributed by atoms with Crippen molar-refractivity contribution in [2.75, 3.05) is 6.61 Å². The van der Waals surface area contributed by atoms with E-state index in [1.54, 1.807) is 13.8 Å². The van der Waals surface area contributed by atoms with Gasteiger partial charge in [0.2, 0.25) is 0 Å². The van der Waals surface area contributed by atoms with Crippen LogP contribution in [0.5, 0.6) is 0 Å². The molecule has 7 heteroatoms. The molecule has 0 spiro atoms. The Labute approximate surface area is 109 Å². The van der Waals surface area contributed by atoms with E-state index in [-0.39, 0.29) is 12.6 Å². The van der Waals surface area contributed by atoms with Crippen molar-refractivity contribution in [3.8, 4) is 0 Å². The van der Waals surface area contributed by atoms with Gasteiger partial charge in [-0.3, -0.25) is 4.68 Å². The third-order valence-corrected chi connectivity index (χ3v) is 2.85. The summed E-state index contributed by atoms with van der Waals surface area (Å²) in [5.74, 6) is -0.993. The molecule has 0 atom stereocenters. The van der Waals surface area contributed by atoms with E-state index in [1.165, 1.54) is 6.92 Å². The number of nitrogens with zero attached hydrogens (tertiary/aromatic N) is 2. The van der Waals surface area contributed by atoms with Gasteiger partial charge in [0.15, 0.2) is 5.69 Å². The molecule has 1 aromatic rings. The minimum absolute atomic E-state index is 0.0201. The topological polar surface area (TPSA) is 44.1 Å². The van der Waals surface area contributed by atoms with Gasteiger partial charge >= 0.3 is 12.1 Å². The van der Waals surface area contributed by atoms with Crippen molar-refractivity contribution in [3.63, 3.8) is 0 Å². The summed E-state index contributed by atoms with van der Waals surface area (Å²) in [6.07, 6.45) is -2.70. The summed E-state index contributed by atoms with van der Waals surface area (Å²) in [5.41, 5.74) is -1.55. The third-order valence-electron chi connectivity index (χ3n) is 2.85. The molecule has 108 valence electrons. The molecule has 4 nitrogen and oxygen atoms in total. The Morgan fingerprint density at radius 3 is 2.37 bits per heavy atom. The van der Waals surface area contributed by atoms with E-state index >= 15 is 0 Å². The lowest BCUT2D eigenvalue weighted by Crippen LogP contribution is -2.22. The van der Waals surface area contributed by atoms with Crippen LogP contribution in [0.25, 0.3) is 0 Å². The average molecular weight is 278 g/mol. The highest BCUT2D eigenvalue weighted by Gasteiger charge is 2.41. The molecule has 0 aliphatic heterocycles. The molecule has 1 heterocycles. The van der Waals surface area contributed by atoms with Crippen molar-refractivity contribution in [2.24, 2.45) is 0 Å². The lowest BCUT2D eigenvalue weighted by atomic mass is 10.1. The summed E-state index contributed by atoms with van der Waals surface area (Å²) in [6, 6.07) is -0.389. The van der Waals surface area contributed by atoms with Crippen molar-refractivity contribution >= 4 is 5.97 Å². The molecule has 1 aromatic heterocycles. The summed E-state index contributed by atoms with van der Waals surface area (Å²) in [6.45, 7) is 5.11. The van der Waals surface area contributed by atoms with E-state index in [0.29, 0.717) is 12.8 Å². The largest absolute Gasteiger partial charge is 0.462 e. The van der Waals surface area contributed by atoms with E-state index in [4.69, 9.17) is 0 Å². The molecular weight excluding hydrogens is 261 g/mol. The molecule has 0 bridgehead atoms. The zero-order chi connectivity index (χ0) is 14.6. The first kappa shape index (κ1) is 15.5. The Morgan fingerprint density at radius 2 is 1.95 bits per heavy atom. The lowest BCUT2D eigenvalue weighted by Gasteiger charge is -2.18. The molecule has 0 radical (unpaired) electrons. The van der Waals surface area contributed by atoms with Crippen molar-refractivity contribution < 1.29 is 22.7 Å². The number of carbonyl (C=O) groups is 1. The molecule has 0 fully saturated rings. The average Bonchev–Trinajstić information content (AvgIpc) is 2.75. The molecule has 0 aliphatic rings. The third kappa shape index (κ3) is 3.27. The number of aromatic nitrogens is 2. The standard InChI is InChI=1S/C12H17F3N2O2/c1-4-8(5-2)17-10(12(13,14)15)9(7-16-17)11(18)19-6-3/h7-8H,4-6H2,1-3H3. The second-order valence-electron chi connectivity index (χ2n) is 4.04. The predicted octanol–water partition coefficient (Wildman–Crippen LogP) is 3.44. The number of hydrogen-bond acceptors (Lipinski definition) is 3. The molecule has 0 saturated heterocycles. The summed E-state index contributed by atoms with van der Waals surface area (Å²) >= 11 is 0. The minimum atomic E-state index is -4.64. The van der Waals surface area contributed by atoms with Crippen LogP contribution in [0.2, 0.25) is 0 Å². The number of carbonyl (C=O) groups excluding carboxylic acids is 1. The monoisotopic (exact) mass is 278 g/mol. The van der Waals surface area contributed by atoms with Crippen LogP contribution in [0.1, 0.15) is 55.7 Å². The van der Waals surface area contributed by atoms with Crippen LogP contribution in [-0.2, 0) is 10.9 Å². The first-order chi connectivity index (χ1) is 8.86. The fourth-order valence-electron chi connectivity index (χ4n) is 1.91. The number of halogens is 3. The molecule has 0 aromatic carbocycles. The van der Waals surface area contributed by atoms with Gasteiger partial charge in [-0.2, -0.15) is 18.3 Å². The molecular formula is C12H17F3N2O2. The number of hydrogen-bond donors (Lipinski definition) is 0. The fraction of sp³-hybridized carbons (Fsp3) is 0.667. The maximum atomic E-state index is 13.1. The van der Waals surface area contributed by atoms with Gasteiger partial charge in [0.05, 0.1) is 18.8 Å². The van der Waals surface area contributed by atoms with E-state index in [0.717, 1.165) is 10.9 Å². The van der Waals surface area contributed by atoms with Gasteiger partial charge in [-0.1, -0.05) is 13.8 Å². The van der Waals surface area contributed by atoms with Crippen molar-refractivity contribution in [1.29, 1.82) is 0 Å². The summed E-state index contributed by atoms with van der Waals surface area (Å²) in [7, 11) is 0. The van der Waals surface area contributed by atoms with Crippen molar-refractivity contribution in [2.45, 2.75) is 45.8 Å². The molecule has 0 unspecified atom stereocenters. The number of rotatable bonds is 5. The highest BCUT2D eigenvalue weighted by Crippen LogP contribution is 2.35. The van der Waals surface area contributed by atoms with E-state index in [1.807, 2.05) is 0 Å².